The number of unbranched alkanes of at least 4 members (excludes halogenated alkanes) is 3. The number of alkyl halides is 1. The lowest BCUT2D eigenvalue weighted by Crippen LogP contribution is -2.25. The van der Waals surface area contributed by atoms with Gasteiger partial charge in [-0.15, -0.1) is 11.6 Å². The lowest BCUT2D eigenvalue weighted by Gasteiger charge is -2.08. The fraction of sp³-hybridized carbons (Fsp3) is 0.467. The molecule has 1 aromatic rings. The van der Waals surface area contributed by atoms with Gasteiger partial charge in [-0.05, 0) is 25.0 Å². The van der Waals surface area contributed by atoms with Crippen LogP contribution in [-0.4, -0.2) is 38.2 Å². The van der Waals surface area contributed by atoms with E-state index in [0.717, 1.165) is 31.9 Å². The van der Waals surface area contributed by atoms with E-state index in [9.17, 15) is 13.2 Å². The Balaban J connectivity index is 2.74. The maximum Gasteiger partial charge on any atom is 0.433 e. The maximum atomic E-state index is 11.9. The lowest BCUT2D eigenvalue weighted by molar-refractivity contribution is 0.151. The number of benzene rings is 1. The van der Waals surface area contributed by atoms with Crippen LogP contribution in [-0.2, 0) is 14.7 Å². The summed E-state index contributed by atoms with van der Waals surface area (Å²) in [5.41, 5.74) is -0.0118. The maximum absolute atomic E-state index is 11.9. The van der Waals surface area contributed by atoms with Gasteiger partial charge in [0.25, 0.3) is 0 Å². The molecule has 1 aromatic carbocycles. The third-order valence-electron chi connectivity index (χ3n) is 3.07. The van der Waals surface area contributed by atoms with Gasteiger partial charge >= 0.3 is 6.09 Å². The smallest absolute Gasteiger partial charge is 0.320 e. The van der Waals surface area contributed by atoms with E-state index in [4.69, 9.17) is 34.8 Å². The minimum atomic E-state index is -3.83. The molecule has 0 aliphatic rings. The van der Waals surface area contributed by atoms with Crippen LogP contribution in [0.5, 0.6) is 0 Å². The SMILES string of the molecule is CS(=O)(=O)C(=NOC(=O)NCCCCCCCl)c1c(Cl)cccc1Cl. The number of halogens is 3. The number of oxime groups is 1. The summed E-state index contributed by atoms with van der Waals surface area (Å²) in [5.74, 6) is 0.614. The number of amides is 1. The molecule has 0 unspecified atom stereocenters. The van der Waals surface area contributed by atoms with Crippen LogP contribution in [0.25, 0.3) is 0 Å². The zero-order valence-corrected chi connectivity index (χ0v) is 16.7. The van der Waals surface area contributed by atoms with Crippen molar-refractivity contribution in [1.82, 2.24) is 5.32 Å². The third-order valence-corrected chi connectivity index (χ3v) is 4.95. The predicted octanol–water partition coefficient (Wildman–Crippen LogP) is 4.23. The van der Waals surface area contributed by atoms with E-state index >= 15 is 0 Å². The highest BCUT2D eigenvalue weighted by atomic mass is 35.5. The van der Waals surface area contributed by atoms with Crippen LogP contribution in [0.4, 0.5) is 4.79 Å². The number of carbonyl (C=O) groups excluding carboxylic acids is 1. The van der Waals surface area contributed by atoms with Crippen molar-refractivity contribution in [2.75, 3.05) is 18.7 Å². The first-order valence-corrected chi connectivity index (χ1v) is 10.7. The van der Waals surface area contributed by atoms with Crippen LogP contribution in [0, 0.1) is 0 Å². The van der Waals surface area contributed by atoms with Crippen LogP contribution < -0.4 is 5.32 Å². The Hall–Kier alpha value is -1.02. The van der Waals surface area contributed by atoms with E-state index in [0.29, 0.717) is 12.4 Å². The number of hydrogen-bond acceptors (Lipinski definition) is 5. The molecule has 0 spiro atoms. The average Bonchev–Trinajstić information content (AvgIpc) is 2.52. The summed E-state index contributed by atoms with van der Waals surface area (Å²) in [7, 11) is -3.83. The molecule has 0 radical (unpaired) electrons. The molecule has 0 saturated carbocycles. The van der Waals surface area contributed by atoms with Crippen molar-refractivity contribution in [1.29, 1.82) is 0 Å². The molecule has 1 N–H and O–H groups in total. The number of sulfone groups is 1. The van der Waals surface area contributed by atoms with Gasteiger partial charge in [0.1, 0.15) is 0 Å². The van der Waals surface area contributed by atoms with Gasteiger partial charge in [0.05, 0.1) is 15.6 Å². The summed E-state index contributed by atoms with van der Waals surface area (Å²) < 4.78 is 23.9. The second-order valence-corrected chi connectivity index (χ2v) is 8.30. The Morgan fingerprint density at radius 2 is 1.76 bits per heavy atom. The van der Waals surface area contributed by atoms with Gasteiger partial charge in [-0.2, -0.15) is 0 Å². The zero-order chi connectivity index (χ0) is 18.9. The Labute approximate surface area is 162 Å². The summed E-state index contributed by atoms with van der Waals surface area (Å²) in [6.45, 7) is 0.387. The summed E-state index contributed by atoms with van der Waals surface area (Å²) in [4.78, 5) is 16.3. The highest BCUT2D eigenvalue weighted by Crippen LogP contribution is 2.26. The van der Waals surface area contributed by atoms with E-state index in [2.05, 4.69) is 15.3 Å². The van der Waals surface area contributed by atoms with E-state index in [-0.39, 0.29) is 15.6 Å². The summed E-state index contributed by atoms with van der Waals surface area (Å²) in [6.07, 6.45) is 3.63. The summed E-state index contributed by atoms with van der Waals surface area (Å²) >= 11 is 17.6. The van der Waals surface area contributed by atoms with Gasteiger partial charge < -0.3 is 5.32 Å². The van der Waals surface area contributed by atoms with E-state index < -0.39 is 21.0 Å². The minimum absolute atomic E-state index is 0.0118. The number of rotatable bonds is 8. The van der Waals surface area contributed by atoms with Gasteiger partial charge in [-0.3, -0.25) is 4.84 Å². The van der Waals surface area contributed by atoms with Crippen molar-refractivity contribution < 1.29 is 18.0 Å². The summed E-state index contributed by atoms with van der Waals surface area (Å²) in [6, 6.07) is 4.49. The Morgan fingerprint density at radius 3 is 2.32 bits per heavy atom. The van der Waals surface area contributed by atoms with Crippen LogP contribution in [0.2, 0.25) is 10.0 Å². The lowest BCUT2D eigenvalue weighted by atomic mass is 10.2. The molecule has 25 heavy (non-hydrogen) atoms. The molecule has 1 rings (SSSR count). The predicted molar refractivity (Wildman–Crippen MR) is 102 cm³/mol. The molecule has 0 aliphatic carbocycles. The van der Waals surface area contributed by atoms with E-state index in [1.165, 1.54) is 12.1 Å². The average molecular weight is 430 g/mol. The Kier molecular flexibility index (Phi) is 9.56. The van der Waals surface area contributed by atoms with E-state index in [1.54, 1.807) is 6.07 Å². The third kappa shape index (κ3) is 7.81. The van der Waals surface area contributed by atoms with Gasteiger partial charge in [0.2, 0.25) is 5.04 Å². The highest BCUT2D eigenvalue weighted by molar-refractivity contribution is 8.06. The van der Waals surface area contributed by atoms with Crippen LogP contribution in [0.15, 0.2) is 23.4 Å². The van der Waals surface area contributed by atoms with Gasteiger partial charge in [-0.25, -0.2) is 13.2 Å². The molecule has 0 aromatic heterocycles. The molecule has 140 valence electrons. The standard InChI is InChI=1S/C15H19Cl3N2O4S/c1-25(22,23)14(13-11(17)7-6-8-12(13)18)20-24-15(21)19-10-5-3-2-4-9-16/h6-8H,2-5,9-10H2,1H3,(H,19,21). The number of carbonyl (C=O) groups is 1. The van der Waals surface area contributed by atoms with Crippen molar-refractivity contribution in [2.24, 2.45) is 5.16 Å². The quantitative estimate of drug-likeness (QED) is 0.167. The molecule has 0 saturated heterocycles. The fourth-order valence-electron chi connectivity index (χ4n) is 1.88. The topological polar surface area (TPSA) is 84.8 Å². The zero-order valence-electron chi connectivity index (χ0n) is 13.6. The molecule has 0 bridgehead atoms. The first-order valence-electron chi connectivity index (χ1n) is 7.50. The molecular weight excluding hydrogens is 411 g/mol. The van der Waals surface area contributed by atoms with Crippen molar-refractivity contribution >= 4 is 55.8 Å². The van der Waals surface area contributed by atoms with Crippen molar-refractivity contribution in [2.45, 2.75) is 25.7 Å². The Morgan fingerprint density at radius 1 is 1.16 bits per heavy atom. The molecule has 1 amide bonds. The van der Waals surface area contributed by atoms with Crippen LogP contribution in [0.1, 0.15) is 31.2 Å². The van der Waals surface area contributed by atoms with Gasteiger partial charge in [-0.1, -0.05) is 47.3 Å². The molecule has 0 heterocycles. The van der Waals surface area contributed by atoms with Crippen LogP contribution in [0.3, 0.4) is 0 Å². The first-order chi connectivity index (χ1) is 11.8. The van der Waals surface area contributed by atoms with Crippen LogP contribution >= 0.6 is 34.8 Å². The second kappa shape index (κ2) is 10.9. The number of nitrogens with one attached hydrogen (secondary N) is 1. The molecule has 10 heteroatoms. The molecule has 0 aliphatic heterocycles. The molecule has 0 atom stereocenters. The normalized spacial score (nSPS) is 12.1. The van der Waals surface area contributed by atoms with Crippen molar-refractivity contribution in [3.63, 3.8) is 0 Å². The summed E-state index contributed by atoms with van der Waals surface area (Å²) in [5, 5.41) is 5.58. The first kappa shape index (κ1) is 22.0. The van der Waals surface area contributed by atoms with Gasteiger partial charge in [0, 0.05) is 18.7 Å². The highest BCUT2D eigenvalue weighted by Gasteiger charge is 2.23. The minimum Gasteiger partial charge on any atom is -0.320 e. The molecule has 0 fully saturated rings. The van der Waals surface area contributed by atoms with Gasteiger partial charge in [0.15, 0.2) is 9.84 Å². The fourth-order valence-corrected chi connectivity index (χ4v) is 3.52. The molecule has 6 nitrogen and oxygen atoms in total. The molecular formula is C15H19Cl3N2O4S. The Bertz CT molecular complexity index is 703. The van der Waals surface area contributed by atoms with E-state index in [1.807, 2.05) is 0 Å². The second-order valence-electron chi connectivity index (χ2n) is 5.17. The number of nitrogens with zero attached hydrogens (tertiary/aromatic N) is 1. The monoisotopic (exact) mass is 428 g/mol. The number of hydrogen-bond donors (Lipinski definition) is 1. The largest absolute Gasteiger partial charge is 0.433 e. The van der Waals surface area contributed by atoms with Crippen molar-refractivity contribution in [3.05, 3.63) is 33.8 Å². The van der Waals surface area contributed by atoms with Crippen molar-refractivity contribution in [3.8, 4) is 0 Å².